The minimum absolute atomic E-state index is 0.470. The van der Waals surface area contributed by atoms with Gasteiger partial charge in [-0.15, -0.1) is 0 Å². The molecule has 238 valence electrons. The highest BCUT2D eigenvalue weighted by Gasteiger charge is 2.27. The molecule has 0 radical (unpaired) electrons. The number of benzene rings is 7. The van der Waals surface area contributed by atoms with E-state index in [-0.39, 0.29) is 0 Å². The van der Waals surface area contributed by atoms with Gasteiger partial charge >= 0.3 is 0 Å². The van der Waals surface area contributed by atoms with E-state index in [1.807, 2.05) is 12.1 Å². The van der Waals surface area contributed by atoms with Crippen molar-refractivity contribution >= 4 is 49.6 Å². The van der Waals surface area contributed by atoms with E-state index >= 15 is 0 Å². The largest absolute Gasteiger partial charge is 0.460 e. The molecule has 0 amide bonds. The lowest BCUT2D eigenvalue weighted by Gasteiger charge is -2.16. The summed E-state index contributed by atoms with van der Waals surface area (Å²) in [5.41, 5.74) is 10.1. The molecule has 0 spiro atoms. The second kappa shape index (κ2) is 12.5. The van der Waals surface area contributed by atoms with E-state index in [9.17, 15) is 0 Å². The topological polar surface area (TPSA) is 63.9 Å². The predicted octanol–water partition coefficient (Wildman–Crippen LogP) is 11.2. The van der Waals surface area contributed by atoms with E-state index in [4.69, 9.17) is 15.3 Å². The third kappa shape index (κ3) is 5.19. The number of hydrogen-bond acceptors (Lipinski definition) is 3. The molecule has 1 heterocycles. The van der Waals surface area contributed by atoms with Gasteiger partial charge in [0, 0.05) is 34.1 Å². The fourth-order valence-electron chi connectivity index (χ4n) is 7.35. The standard InChI is InChI=1S/C46H33N3O/c47-49-46(40-20-10-22-42-44(40)43-39(19-9-21-41(43)50-42)32-12-2-1-3-13-32)48-45(36-28-23-30-11-4-5-15-35(30)29-36)34-26-24-33(25-27-34)38-18-8-16-31-14-6-7-17-37(31)38/h1-9,11-21,23-29H,10,22,47H2/b48-45+,49-46-. The summed E-state index contributed by atoms with van der Waals surface area (Å²) in [7, 11) is 0. The van der Waals surface area contributed by atoms with E-state index in [1.165, 1.54) is 21.7 Å². The highest BCUT2D eigenvalue weighted by molar-refractivity contribution is 6.32. The lowest BCUT2D eigenvalue weighted by molar-refractivity contribution is 0.546. The Kier molecular flexibility index (Phi) is 7.40. The van der Waals surface area contributed by atoms with Crippen LogP contribution in [0.25, 0.3) is 60.3 Å². The van der Waals surface area contributed by atoms with Crippen LogP contribution in [0, 0.1) is 0 Å². The molecule has 0 aliphatic heterocycles. The summed E-state index contributed by atoms with van der Waals surface area (Å²) in [6.07, 6.45) is 3.81. The van der Waals surface area contributed by atoms with Gasteiger partial charge in [0.15, 0.2) is 5.84 Å². The van der Waals surface area contributed by atoms with Crippen molar-refractivity contribution in [2.75, 3.05) is 0 Å². The molecular weight excluding hydrogens is 611 g/mol. The summed E-state index contributed by atoms with van der Waals surface area (Å²) in [5.74, 6) is 7.68. The quantitative estimate of drug-likeness (QED) is 0.0878. The number of aryl methyl sites for hydroxylation is 1. The lowest BCUT2D eigenvalue weighted by Crippen LogP contribution is -2.13. The molecule has 7 aromatic carbocycles. The normalized spacial score (nSPS) is 13.5. The van der Waals surface area contributed by atoms with Crippen LogP contribution in [0.4, 0.5) is 0 Å². The van der Waals surface area contributed by atoms with Crippen LogP contribution in [0.1, 0.15) is 28.9 Å². The van der Waals surface area contributed by atoms with Crippen LogP contribution in [-0.4, -0.2) is 11.5 Å². The fraction of sp³-hybridized carbons (Fsp3) is 0.0435. The van der Waals surface area contributed by atoms with E-state index in [2.05, 4.69) is 157 Å². The first kappa shape index (κ1) is 29.6. The molecule has 1 aromatic heterocycles. The number of hydrazone groups is 1. The van der Waals surface area contributed by atoms with E-state index in [0.717, 1.165) is 79.6 Å². The van der Waals surface area contributed by atoms with Crippen LogP contribution in [0.15, 0.2) is 178 Å². The Balaban J connectivity index is 1.20. The Morgan fingerprint density at radius 2 is 1.26 bits per heavy atom. The molecule has 0 bridgehead atoms. The molecule has 4 heteroatoms. The van der Waals surface area contributed by atoms with Crippen molar-refractivity contribution in [2.24, 2.45) is 15.9 Å². The van der Waals surface area contributed by atoms with Gasteiger partial charge in [-0.25, -0.2) is 4.99 Å². The second-order valence-electron chi connectivity index (χ2n) is 12.7. The first-order valence-electron chi connectivity index (χ1n) is 17.0. The molecular formula is C46H33N3O. The van der Waals surface area contributed by atoms with Gasteiger partial charge in [-0.05, 0) is 62.4 Å². The van der Waals surface area contributed by atoms with Gasteiger partial charge in [-0.3, -0.25) is 0 Å². The average molecular weight is 644 g/mol. The smallest absolute Gasteiger partial charge is 0.179 e. The molecule has 0 unspecified atom stereocenters. The van der Waals surface area contributed by atoms with Crippen LogP contribution < -0.4 is 5.84 Å². The summed E-state index contributed by atoms with van der Waals surface area (Å²) in [4.78, 5) is 5.34. The lowest BCUT2D eigenvalue weighted by atomic mass is 9.89. The van der Waals surface area contributed by atoms with Gasteiger partial charge in [-0.1, -0.05) is 152 Å². The number of furan rings is 1. The molecule has 8 aromatic rings. The van der Waals surface area contributed by atoms with Gasteiger partial charge < -0.3 is 10.3 Å². The van der Waals surface area contributed by atoms with E-state index in [0.29, 0.717) is 5.84 Å². The van der Waals surface area contributed by atoms with Crippen molar-refractivity contribution in [3.63, 3.8) is 0 Å². The minimum Gasteiger partial charge on any atom is -0.460 e. The number of allylic oxidation sites excluding steroid dienone is 1. The van der Waals surface area contributed by atoms with Crippen molar-refractivity contribution in [1.29, 1.82) is 0 Å². The van der Waals surface area contributed by atoms with Gasteiger partial charge in [0.25, 0.3) is 0 Å². The molecule has 4 nitrogen and oxygen atoms in total. The maximum atomic E-state index is 6.50. The second-order valence-corrected chi connectivity index (χ2v) is 12.7. The molecule has 0 atom stereocenters. The van der Waals surface area contributed by atoms with Crippen LogP contribution in [0.3, 0.4) is 0 Å². The Morgan fingerprint density at radius 1 is 0.580 bits per heavy atom. The number of nitrogens with zero attached hydrogens (tertiary/aromatic N) is 2. The van der Waals surface area contributed by atoms with E-state index in [1.54, 1.807) is 0 Å². The first-order chi connectivity index (χ1) is 24.7. The molecule has 1 aliphatic carbocycles. The molecule has 2 N–H and O–H groups in total. The number of fused-ring (bicyclic) bond motifs is 5. The zero-order chi connectivity index (χ0) is 33.4. The Hall–Kier alpha value is -6.52. The summed E-state index contributed by atoms with van der Waals surface area (Å²) in [5, 5.41) is 10.2. The average Bonchev–Trinajstić information content (AvgIpc) is 3.58. The fourth-order valence-corrected chi connectivity index (χ4v) is 7.35. The van der Waals surface area contributed by atoms with Gasteiger partial charge in [0.1, 0.15) is 11.3 Å². The summed E-state index contributed by atoms with van der Waals surface area (Å²) >= 11 is 0. The number of amidine groups is 1. The third-order valence-corrected chi connectivity index (χ3v) is 9.72. The van der Waals surface area contributed by atoms with Crippen molar-refractivity contribution in [3.05, 3.63) is 186 Å². The van der Waals surface area contributed by atoms with Gasteiger partial charge in [0.2, 0.25) is 0 Å². The van der Waals surface area contributed by atoms with Crippen LogP contribution in [0.5, 0.6) is 0 Å². The number of hydrogen-bond donors (Lipinski definition) is 1. The molecule has 0 saturated carbocycles. The minimum atomic E-state index is 0.470. The summed E-state index contributed by atoms with van der Waals surface area (Å²) < 4.78 is 6.50. The molecule has 0 fully saturated rings. The zero-order valence-electron chi connectivity index (χ0n) is 27.4. The Bertz CT molecular complexity index is 2640. The molecule has 9 rings (SSSR count). The SMILES string of the molecule is N/N=C(\N=C(/c1ccc(-c2cccc3ccccc23)cc1)c1ccc2ccccc2c1)C1=CCCc2oc3cccc(-c4ccccc4)c3c21. The Morgan fingerprint density at radius 3 is 2.10 bits per heavy atom. The van der Waals surface area contributed by atoms with Gasteiger partial charge in [0.05, 0.1) is 5.71 Å². The number of nitrogens with two attached hydrogens (primary N) is 1. The predicted molar refractivity (Wildman–Crippen MR) is 209 cm³/mol. The monoisotopic (exact) mass is 643 g/mol. The molecule has 1 aliphatic rings. The molecule has 50 heavy (non-hydrogen) atoms. The Labute approximate surface area is 290 Å². The maximum absolute atomic E-state index is 6.50. The van der Waals surface area contributed by atoms with Gasteiger partial charge in [-0.2, -0.15) is 5.10 Å². The summed E-state index contributed by atoms with van der Waals surface area (Å²) in [6, 6.07) is 55.2. The van der Waals surface area contributed by atoms with E-state index < -0.39 is 0 Å². The number of aliphatic imine (C=N–C) groups is 1. The van der Waals surface area contributed by atoms with Crippen LogP contribution >= 0.6 is 0 Å². The molecule has 0 saturated heterocycles. The first-order valence-corrected chi connectivity index (χ1v) is 17.0. The van der Waals surface area contributed by atoms with Crippen molar-refractivity contribution in [2.45, 2.75) is 12.8 Å². The third-order valence-electron chi connectivity index (χ3n) is 9.72. The maximum Gasteiger partial charge on any atom is 0.179 e. The van der Waals surface area contributed by atoms with Crippen molar-refractivity contribution < 1.29 is 4.42 Å². The summed E-state index contributed by atoms with van der Waals surface area (Å²) in [6.45, 7) is 0. The number of rotatable bonds is 5. The van der Waals surface area contributed by atoms with Crippen molar-refractivity contribution in [1.82, 2.24) is 0 Å². The van der Waals surface area contributed by atoms with Crippen molar-refractivity contribution in [3.8, 4) is 22.3 Å². The van der Waals surface area contributed by atoms with Crippen LogP contribution in [0.2, 0.25) is 0 Å². The zero-order valence-corrected chi connectivity index (χ0v) is 27.4. The van der Waals surface area contributed by atoms with Crippen LogP contribution in [-0.2, 0) is 6.42 Å². The highest BCUT2D eigenvalue weighted by atomic mass is 16.3. The highest BCUT2D eigenvalue weighted by Crippen LogP contribution is 2.42.